The number of halogens is 2. The number of carbonyl (C=O) groups is 1. The van der Waals surface area contributed by atoms with Gasteiger partial charge in [-0.3, -0.25) is 4.79 Å². The van der Waals surface area contributed by atoms with Crippen LogP contribution < -0.4 is 10.1 Å². The number of benzene rings is 2. The summed E-state index contributed by atoms with van der Waals surface area (Å²) in [6.07, 6.45) is 8.13. The number of anilines is 1. The van der Waals surface area contributed by atoms with E-state index in [-0.39, 0.29) is 5.91 Å². The fraction of sp³-hybridized carbons (Fsp3) is 0.308. The molecule has 3 aromatic rings. The number of nitrogens with one attached hydrogen (secondary N) is 1. The van der Waals surface area contributed by atoms with Gasteiger partial charge in [0.2, 0.25) is 5.88 Å². The predicted molar refractivity (Wildman–Crippen MR) is 128 cm³/mol. The summed E-state index contributed by atoms with van der Waals surface area (Å²) in [5.74, 6) is 0.936. The average Bonchev–Trinajstić information content (AvgIpc) is 3.32. The van der Waals surface area contributed by atoms with Gasteiger partial charge in [0.1, 0.15) is 5.75 Å². The number of nitrogens with zero attached hydrogens (tertiary/aromatic N) is 1. The van der Waals surface area contributed by atoms with Gasteiger partial charge in [0.05, 0.1) is 21.9 Å². The molecule has 0 radical (unpaired) electrons. The second-order valence-electron chi connectivity index (χ2n) is 9.36. The fourth-order valence-electron chi connectivity index (χ4n) is 5.25. The Labute approximate surface area is 197 Å². The number of rotatable bonds is 5. The lowest BCUT2D eigenvalue weighted by Gasteiger charge is -2.27. The van der Waals surface area contributed by atoms with E-state index >= 15 is 0 Å². The van der Waals surface area contributed by atoms with Crippen molar-refractivity contribution in [3.8, 4) is 11.6 Å². The maximum atomic E-state index is 12.4. The second kappa shape index (κ2) is 8.09. The Morgan fingerprint density at radius 2 is 1.72 bits per heavy atom. The molecule has 1 aromatic heterocycles. The molecule has 0 saturated heterocycles. The van der Waals surface area contributed by atoms with Crippen molar-refractivity contribution >= 4 is 34.8 Å². The van der Waals surface area contributed by atoms with Crippen LogP contribution in [0, 0.1) is 5.41 Å². The van der Waals surface area contributed by atoms with Crippen LogP contribution in [0.15, 0.2) is 60.8 Å². The van der Waals surface area contributed by atoms with Crippen molar-refractivity contribution in [1.82, 2.24) is 4.98 Å². The number of aromatic nitrogens is 1. The molecule has 2 aliphatic carbocycles. The average molecular weight is 467 g/mol. The number of amides is 1. The van der Waals surface area contributed by atoms with Crippen LogP contribution in [-0.4, -0.2) is 10.9 Å². The highest BCUT2D eigenvalue weighted by molar-refractivity contribution is 6.42. The SMILES string of the molecule is CC12CCC(c3ccc(Oc4ccc(NC(=O)c5ccc(Cl)c(Cl)c5)cn4)cc3)(CC1)C2. The molecule has 1 amide bonds. The lowest BCUT2D eigenvalue weighted by atomic mass is 9.77. The Kier molecular flexibility index (Phi) is 5.39. The third-order valence-corrected chi connectivity index (χ3v) is 7.78. The van der Waals surface area contributed by atoms with Gasteiger partial charge >= 0.3 is 0 Å². The highest BCUT2D eigenvalue weighted by Gasteiger charge is 2.52. The first kappa shape index (κ1) is 21.3. The number of hydrogen-bond donors (Lipinski definition) is 1. The summed E-state index contributed by atoms with van der Waals surface area (Å²) in [5.41, 5.74) is 3.31. The molecule has 2 fully saturated rings. The second-order valence-corrected chi connectivity index (χ2v) is 10.2. The molecule has 164 valence electrons. The summed E-state index contributed by atoms with van der Waals surface area (Å²) in [6.45, 7) is 2.43. The van der Waals surface area contributed by atoms with E-state index < -0.39 is 0 Å². The highest BCUT2D eigenvalue weighted by atomic mass is 35.5. The monoisotopic (exact) mass is 466 g/mol. The molecular weight excluding hydrogens is 443 g/mol. The lowest BCUT2D eigenvalue weighted by Crippen LogP contribution is -2.19. The topological polar surface area (TPSA) is 51.2 Å². The van der Waals surface area contributed by atoms with E-state index in [0.717, 1.165) is 5.75 Å². The van der Waals surface area contributed by atoms with E-state index in [1.54, 1.807) is 30.5 Å². The van der Waals surface area contributed by atoms with Crippen LogP contribution in [0.25, 0.3) is 0 Å². The van der Waals surface area contributed by atoms with Gasteiger partial charge in [0.25, 0.3) is 5.91 Å². The molecule has 2 bridgehead atoms. The fourth-order valence-corrected chi connectivity index (χ4v) is 5.54. The van der Waals surface area contributed by atoms with Crippen LogP contribution in [0.5, 0.6) is 11.6 Å². The van der Waals surface area contributed by atoms with E-state index in [4.69, 9.17) is 27.9 Å². The first-order valence-corrected chi connectivity index (χ1v) is 11.6. The first-order chi connectivity index (χ1) is 15.3. The molecule has 32 heavy (non-hydrogen) atoms. The molecule has 4 nitrogen and oxygen atoms in total. The minimum absolute atomic E-state index is 0.288. The van der Waals surface area contributed by atoms with Crippen LogP contribution in [0.4, 0.5) is 5.69 Å². The molecule has 6 heteroatoms. The summed E-state index contributed by atoms with van der Waals surface area (Å²) < 4.78 is 5.91. The Morgan fingerprint density at radius 3 is 2.31 bits per heavy atom. The zero-order chi connectivity index (χ0) is 22.3. The molecular formula is C26H24Cl2N2O2. The van der Waals surface area contributed by atoms with Crippen molar-refractivity contribution in [2.75, 3.05) is 5.32 Å². The Bertz CT molecular complexity index is 1150. The van der Waals surface area contributed by atoms with Crippen molar-refractivity contribution in [1.29, 1.82) is 0 Å². The first-order valence-electron chi connectivity index (χ1n) is 10.9. The van der Waals surface area contributed by atoms with Crippen molar-refractivity contribution in [2.24, 2.45) is 5.41 Å². The largest absolute Gasteiger partial charge is 0.439 e. The molecule has 0 atom stereocenters. The van der Waals surface area contributed by atoms with E-state index in [0.29, 0.717) is 38.0 Å². The molecule has 1 heterocycles. The van der Waals surface area contributed by atoms with Gasteiger partial charge in [0, 0.05) is 11.6 Å². The van der Waals surface area contributed by atoms with Crippen molar-refractivity contribution in [2.45, 2.75) is 44.4 Å². The quantitative estimate of drug-likeness (QED) is 0.419. The van der Waals surface area contributed by atoms with E-state index in [1.807, 2.05) is 12.1 Å². The number of ether oxygens (including phenoxy) is 1. The number of hydrogen-bond acceptors (Lipinski definition) is 3. The summed E-state index contributed by atoms with van der Waals surface area (Å²) in [6, 6.07) is 16.7. The van der Waals surface area contributed by atoms with Crippen molar-refractivity contribution < 1.29 is 9.53 Å². The van der Waals surface area contributed by atoms with Crippen LogP contribution in [0.2, 0.25) is 10.0 Å². The van der Waals surface area contributed by atoms with Gasteiger partial charge < -0.3 is 10.1 Å². The normalized spacial score (nSPS) is 23.8. The zero-order valence-corrected chi connectivity index (χ0v) is 19.3. The molecule has 2 saturated carbocycles. The van der Waals surface area contributed by atoms with Crippen LogP contribution in [0.3, 0.4) is 0 Å². The van der Waals surface area contributed by atoms with Gasteiger partial charge in [-0.1, -0.05) is 42.3 Å². The molecule has 0 unspecified atom stereocenters. The lowest BCUT2D eigenvalue weighted by molar-refractivity contribution is 0.102. The molecule has 2 aromatic carbocycles. The highest BCUT2D eigenvalue weighted by Crippen LogP contribution is 2.62. The van der Waals surface area contributed by atoms with E-state index in [9.17, 15) is 4.79 Å². The smallest absolute Gasteiger partial charge is 0.255 e. The van der Waals surface area contributed by atoms with Crippen LogP contribution in [-0.2, 0) is 5.41 Å². The van der Waals surface area contributed by atoms with E-state index in [1.165, 1.54) is 43.7 Å². The third-order valence-electron chi connectivity index (χ3n) is 7.04. The third kappa shape index (κ3) is 4.10. The standard InChI is InChI=1S/C26H24Cl2N2O2/c1-25-10-12-26(16-25,13-11-25)18-3-6-20(7-4-18)32-23-9-5-19(15-29-23)30-24(31)17-2-8-21(27)22(28)14-17/h2-9,14-15H,10-13,16H2,1H3,(H,30,31). The minimum atomic E-state index is -0.288. The van der Waals surface area contributed by atoms with E-state index in [2.05, 4.69) is 29.4 Å². The number of fused-ring (bicyclic) bond motifs is 2. The predicted octanol–water partition coefficient (Wildman–Crippen LogP) is 7.65. The molecule has 0 spiro atoms. The summed E-state index contributed by atoms with van der Waals surface area (Å²) in [5, 5.41) is 3.53. The van der Waals surface area contributed by atoms with Crippen LogP contribution in [0.1, 0.15) is 54.9 Å². The molecule has 0 aliphatic heterocycles. The van der Waals surface area contributed by atoms with Gasteiger partial charge in [0.15, 0.2) is 0 Å². The van der Waals surface area contributed by atoms with Crippen molar-refractivity contribution in [3.05, 3.63) is 82.0 Å². The molecule has 2 aliphatic rings. The Balaban J connectivity index is 1.22. The Morgan fingerprint density at radius 1 is 0.969 bits per heavy atom. The Hall–Kier alpha value is -2.56. The number of pyridine rings is 1. The number of carbonyl (C=O) groups excluding carboxylic acids is 1. The maximum absolute atomic E-state index is 12.4. The minimum Gasteiger partial charge on any atom is -0.439 e. The molecule has 1 N–H and O–H groups in total. The van der Waals surface area contributed by atoms with Gasteiger partial charge in [-0.05, 0) is 84.9 Å². The molecule has 5 rings (SSSR count). The van der Waals surface area contributed by atoms with Crippen molar-refractivity contribution in [3.63, 3.8) is 0 Å². The zero-order valence-electron chi connectivity index (χ0n) is 17.8. The summed E-state index contributed by atoms with van der Waals surface area (Å²) in [7, 11) is 0. The summed E-state index contributed by atoms with van der Waals surface area (Å²) >= 11 is 11.9. The van der Waals surface area contributed by atoms with Gasteiger partial charge in [-0.15, -0.1) is 0 Å². The van der Waals surface area contributed by atoms with Gasteiger partial charge in [-0.2, -0.15) is 0 Å². The van der Waals surface area contributed by atoms with Gasteiger partial charge in [-0.25, -0.2) is 4.98 Å². The summed E-state index contributed by atoms with van der Waals surface area (Å²) in [4.78, 5) is 16.7. The van der Waals surface area contributed by atoms with Crippen LogP contribution >= 0.6 is 23.2 Å². The maximum Gasteiger partial charge on any atom is 0.255 e.